The molecule has 0 radical (unpaired) electrons. The van der Waals surface area contributed by atoms with Crippen LogP contribution in [0.15, 0.2) is 11.2 Å². The van der Waals surface area contributed by atoms with Crippen LogP contribution < -0.4 is 4.72 Å². The number of nitrogens with one attached hydrogen (secondary N) is 2. The molecule has 15 heavy (non-hydrogen) atoms. The van der Waals surface area contributed by atoms with E-state index in [0.29, 0.717) is 12.2 Å². The Bertz CT molecular complexity index is 434. The van der Waals surface area contributed by atoms with Crippen molar-refractivity contribution >= 4 is 10.0 Å². The van der Waals surface area contributed by atoms with E-state index < -0.39 is 10.0 Å². The molecular formula is C9H15N3O2S. The highest BCUT2D eigenvalue weighted by Gasteiger charge is 2.25. The van der Waals surface area contributed by atoms with E-state index >= 15 is 0 Å². The lowest BCUT2D eigenvalue weighted by Crippen LogP contribution is -2.39. The molecule has 1 heterocycles. The molecule has 0 unspecified atom stereocenters. The first-order valence-corrected chi connectivity index (χ1v) is 6.66. The second-order valence-corrected chi connectivity index (χ2v) is 5.48. The molecule has 1 aromatic heterocycles. The minimum atomic E-state index is -3.38. The number of sulfonamides is 1. The van der Waals surface area contributed by atoms with Crippen molar-refractivity contribution in [2.45, 2.75) is 43.7 Å². The number of imidazole rings is 1. The highest BCUT2D eigenvalue weighted by molar-refractivity contribution is 7.89. The maximum Gasteiger partial charge on any atom is 0.257 e. The molecule has 0 aromatic carbocycles. The monoisotopic (exact) mass is 229 g/mol. The lowest BCUT2D eigenvalue weighted by molar-refractivity contribution is 0.383. The quantitative estimate of drug-likeness (QED) is 0.802. The van der Waals surface area contributed by atoms with Crippen molar-refractivity contribution in [2.24, 2.45) is 0 Å². The molecule has 84 valence electrons. The lowest BCUT2D eigenvalue weighted by Gasteiger charge is -2.25. The van der Waals surface area contributed by atoms with Crippen molar-refractivity contribution in [3.8, 4) is 0 Å². The summed E-state index contributed by atoms with van der Waals surface area (Å²) in [5.41, 5.74) is 0. The molecule has 6 heteroatoms. The second-order valence-electron chi connectivity index (χ2n) is 3.80. The van der Waals surface area contributed by atoms with Gasteiger partial charge in [0.2, 0.25) is 0 Å². The van der Waals surface area contributed by atoms with Gasteiger partial charge in [0, 0.05) is 12.5 Å². The number of hydrogen-bond acceptors (Lipinski definition) is 3. The summed E-state index contributed by atoms with van der Waals surface area (Å²) in [5.74, 6) is 0.698. The fraction of sp³-hybridized carbons (Fsp3) is 0.667. The highest BCUT2D eigenvalue weighted by Crippen LogP contribution is 2.20. The predicted molar refractivity (Wildman–Crippen MR) is 55.9 cm³/mol. The molecular weight excluding hydrogens is 214 g/mol. The minimum Gasteiger partial charge on any atom is -0.332 e. The van der Waals surface area contributed by atoms with E-state index in [1.807, 2.05) is 6.92 Å². The first-order chi connectivity index (χ1) is 7.12. The molecule has 1 aliphatic carbocycles. The Balaban J connectivity index is 2.13. The third-order valence-electron chi connectivity index (χ3n) is 2.66. The SMILES string of the molecule is CCc1ncc(S(=O)(=O)NC2CCC2)[nH]1. The standard InChI is InChI=1S/C9H15N3O2S/c1-2-8-10-6-9(11-8)15(13,14)12-7-4-3-5-7/h6-7,12H,2-5H2,1H3,(H,10,11). The smallest absolute Gasteiger partial charge is 0.257 e. The van der Waals surface area contributed by atoms with E-state index in [2.05, 4.69) is 14.7 Å². The molecule has 0 spiro atoms. The Morgan fingerprint density at radius 3 is 2.80 bits per heavy atom. The Hall–Kier alpha value is -0.880. The number of nitrogens with zero attached hydrogens (tertiary/aromatic N) is 1. The van der Waals surface area contributed by atoms with Gasteiger partial charge in [-0.25, -0.2) is 18.1 Å². The predicted octanol–water partition coefficient (Wildman–Crippen LogP) is 0.803. The number of hydrogen-bond donors (Lipinski definition) is 2. The fourth-order valence-corrected chi connectivity index (χ4v) is 2.71. The van der Waals surface area contributed by atoms with Gasteiger partial charge in [-0.15, -0.1) is 0 Å². The van der Waals surface area contributed by atoms with Crippen LogP contribution in [0.3, 0.4) is 0 Å². The molecule has 2 N–H and O–H groups in total. The van der Waals surface area contributed by atoms with Crippen LogP contribution in [0.5, 0.6) is 0 Å². The summed E-state index contributed by atoms with van der Waals surface area (Å²) in [6.45, 7) is 1.93. The molecule has 1 aromatic rings. The Kier molecular flexibility index (Phi) is 2.79. The normalized spacial score (nSPS) is 17.7. The molecule has 0 amide bonds. The van der Waals surface area contributed by atoms with Crippen molar-refractivity contribution in [1.29, 1.82) is 0 Å². The van der Waals surface area contributed by atoms with Gasteiger partial charge in [0.1, 0.15) is 5.82 Å². The fourth-order valence-electron chi connectivity index (χ4n) is 1.47. The lowest BCUT2D eigenvalue weighted by atomic mass is 9.94. The summed E-state index contributed by atoms with van der Waals surface area (Å²) in [6.07, 6.45) is 5.07. The average molecular weight is 229 g/mol. The summed E-state index contributed by atoms with van der Waals surface area (Å²) >= 11 is 0. The number of aromatic nitrogens is 2. The van der Waals surface area contributed by atoms with Crippen LogP contribution in [0.1, 0.15) is 32.0 Å². The molecule has 5 nitrogen and oxygen atoms in total. The largest absolute Gasteiger partial charge is 0.332 e. The molecule has 0 aliphatic heterocycles. The molecule has 1 fully saturated rings. The van der Waals surface area contributed by atoms with E-state index in [0.717, 1.165) is 19.3 Å². The van der Waals surface area contributed by atoms with Crippen molar-refractivity contribution < 1.29 is 8.42 Å². The van der Waals surface area contributed by atoms with E-state index in [1.165, 1.54) is 6.20 Å². The van der Waals surface area contributed by atoms with Gasteiger partial charge in [-0.1, -0.05) is 13.3 Å². The third-order valence-corrected chi connectivity index (χ3v) is 4.09. The summed E-state index contributed by atoms with van der Waals surface area (Å²) in [7, 11) is -3.38. The summed E-state index contributed by atoms with van der Waals surface area (Å²) in [6, 6.07) is 0.114. The Morgan fingerprint density at radius 2 is 2.33 bits per heavy atom. The molecule has 1 aliphatic rings. The number of aromatic amines is 1. The third kappa shape index (κ3) is 2.21. The van der Waals surface area contributed by atoms with Crippen LogP contribution in [0.2, 0.25) is 0 Å². The van der Waals surface area contributed by atoms with Gasteiger partial charge in [0.05, 0.1) is 6.20 Å². The molecule has 0 atom stereocenters. The van der Waals surface area contributed by atoms with E-state index in [-0.39, 0.29) is 11.1 Å². The van der Waals surface area contributed by atoms with Crippen molar-refractivity contribution in [2.75, 3.05) is 0 Å². The maximum absolute atomic E-state index is 11.8. The van der Waals surface area contributed by atoms with Crippen LogP contribution in [-0.4, -0.2) is 24.4 Å². The van der Waals surface area contributed by atoms with E-state index in [9.17, 15) is 8.42 Å². The Labute approximate surface area is 89.4 Å². The molecule has 2 rings (SSSR count). The van der Waals surface area contributed by atoms with Gasteiger partial charge in [-0.2, -0.15) is 0 Å². The molecule has 0 bridgehead atoms. The number of H-pyrrole nitrogens is 1. The second kappa shape index (κ2) is 3.94. The average Bonchev–Trinajstić information content (AvgIpc) is 2.60. The maximum atomic E-state index is 11.8. The van der Waals surface area contributed by atoms with Crippen LogP contribution >= 0.6 is 0 Å². The zero-order chi connectivity index (χ0) is 10.9. The van der Waals surface area contributed by atoms with Gasteiger partial charge in [-0.3, -0.25) is 0 Å². The topological polar surface area (TPSA) is 74.8 Å². The minimum absolute atomic E-state index is 0.114. The van der Waals surface area contributed by atoms with Crippen LogP contribution in [-0.2, 0) is 16.4 Å². The van der Waals surface area contributed by atoms with Gasteiger partial charge in [-0.05, 0) is 12.8 Å². The Morgan fingerprint density at radius 1 is 1.60 bits per heavy atom. The number of rotatable bonds is 4. The van der Waals surface area contributed by atoms with Gasteiger partial charge in [0.25, 0.3) is 10.0 Å². The summed E-state index contributed by atoms with van der Waals surface area (Å²) < 4.78 is 26.2. The molecule has 0 saturated heterocycles. The van der Waals surface area contributed by atoms with Crippen LogP contribution in [0.4, 0.5) is 0 Å². The van der Waals surface area contributed by atoms with Gasteiger partial charge >= 0.3 is 0 Å². The van der Waals surface area contributed by atoms with Crippen molar-refractivity contribution in [1.82, 2.24) is 14.7 Å². The van der Waals surface area contributed by atoms with E-state index in [4.69, 9.17) is 0 Å². The summed E-state index contributed by atoms with van der Waals surface area (Å²) in [5, 5.41) is 0.172. The van der Waals surface area contributed by atoms with Crippen LogP contribution in [0, 0.1) is 0 Å². The van der Waals surface area contributed by atoms with Crippen molar-refractivity contribution in [3.63, 3.8) is 0 Å². The van der Waals surface area contributed by atoms with Gasteiger partial charge < -0.3 is 4.98 Å². The number of aryl methyl sites for hydroxylation is 1. The first kappa shape index (κ1) is 10.6. The van der Waals surface area contributed by atoms with E-state index in [1.54, 1.807) is 0 Å². The van der Waals surface area contributed by atoms with Crippen molar-refractivity contribution in [3.05, 3.63) is 12.0 Å². The zero-order valence-electron chi connectivity index (χ0n) is 8.66. The van der Waals surface area contributed by atoms with Crippen LogP contribution in [0.25, 0.3) is 0 Å². The molecule has 1 saturated carbocycles. The first-order valence-electron chi connectivity index (χ1n) is 5.18. The zero-order valence-corrected chi connectivity index (χ0v) is 9.47. The summed E-state index contributed by atoms with van der Waals surface area (Å²) in [4.78, 5) is 6.77. The van der Waals surface area contributed by atoms with Gasteiger partial charge in [0.15, 0.2) is 5.03 Å². The highest BCUT2D eigenvalue weighted by atomic mass is 32.2.